The third kappa shape index (κ3) is 2.89. The van der Waals surface area contributed by atoms with Gasteiger partial charge in [-0.05, 0) is 43.7 Å². The number of aryl methyl sites for hydroxylation is 3. The summed E-state index contributed by atoms with van der Waals surface area (Å²) < 4.78 is 1.48. The van der Waals surface area contributed by atoms with Crippen LogP contribution in [0.2, 0.25) is 0 Å². The first-order chi connectivity index (χ1) is 11.8. The molecule has 8 nitrogen and oxygen atoms in total. The summed E-state index contributed by atoms with van der Waals surface area (Å²) in [6.45, 7) is 3.48. The van der Waals surface area contributed by atoms with E-state index in [1.807, 2.05) is 0 Å². The molecule has 8 heteroatoms. The van der Waals surface area contributed by atoms with Gasteiger partial charge in [-0.15, -0.1) is 0 Å². The molecule has 0 saturated carbocycles. The summed E-state index contributed by atoms with van der Waals surface area (Å²) in [4.78, 5) is 40.4. The minimum atomic E-state index is -0.530. The van der Waals surface area contributed by atoms with E-state index < -0.39 is 11.8 Å². The second-order valence-electron chi connectivity index (χ2n) is 5.86. The summed E-state index contributed by atoms with van der Waals surface area (Å²) >= 11 is 0. The number of aromatic amines is 1. The second-order valence-corrected chi connectivity index (χ2v) is 5.86. The first-order valence-electron chi connectivity index (χ1n) is 7.56. The molecule has 3 rings (SSSR count). The lowest BCUT2D eigenvalue weighted by molar-refractivity contribution is 0.0998. The van der Waals surface area contributed by atoms with Crippen LogP contribution in [0.25, 0.3) is 11.0 Å². The summed E-state index contributed by atoms with van der Waals surface area (Å²) in [6.07, 6.45) is 0. The van der Waals surface area contributed by atoms with E-state index in [1.165, 1.54) is 4.68 Å². The van der Waals surface area contributed by atoms with Gasteiger partial charge in [0.15, 0.2) is 5.65 Å². The Morgan fingerprint density at radius 3 is 2.56 bits per heavy atom. The fourth-order valence-electron chi connectivity index (χ4n) is 2.78. The molecule has 0 atom stereocenters. The minimum absolute atomic E-state index is 0.232. The van der Waals surface area contributed by atoms with E-state index >= 15 is 0 Å². The number of rotatable bonds is 3. The number of nitrogens with two attached hydrogens (primary N) is 1. The van der Waals surface area contributed by atoms with Crippen LogP contribution < -0.4 is 16.6 Å². The van der Waals surface area contributed by atoms with Gasteiger partial charge < -0.3 is 11.1 Å². The van der Waals surface area contributed by atoms with Crippen LogP contribution in [0, 0.1) is 13.8 Å². The minimum Gasteiger partial charge on any atom is -0.366 e. The summed E-state index contributed by atoms with van der Waals surface area (Å²) in [7, 11) is 1.66. The number of nitrogens with zero attached hydrogens (tertiary/aromatic N) is 2. The SMILES string of the molecule is Cc1cc(C(=O)Nc2ccc(C(N)=O)c(C)c2)c2c(=O)[nH]n(C)c2n1. The summed E-state index contributed by atoms with van der Waals surface area (Å²) in [5.74, 6) is -0.962. The van der Waals surface area contributed by atoms with Gasteiger partial charge in [-0.2, -0.15) is 0 Å². The number of aromatic nitrogens is 3. The quantitative estimate of drug-likeness (QED) is 0.664. The molecule has 0 aliphatic rings. The molecule has 0 unspecified atom stereocenters. The Labute approximate surface area is 142 Å². The van der Waals surface area contributed by atoms with Crippen LogP contribution in [-0.2, 0) is 7.05 Å². The molecule has 2 aromatic heterocycles. The lowest BCUT2D eigenvalue weighted by Gasteiger charge is -2.09. The van der Waals surface area contributed by atoms with Crippen molar-refractivity contribution in [3.05, 3.63) is 57.0 Å². The van der Waals surface area contributed by atoms with Gasteiger partial charge in [-0.3, -0.25) is 24.2 Å². The Morgan fingerprint density at radius 2 is 1.92 bits per heavy atom. The van der Waals surface area contributed by atoms with E-state index in [4.69, 9.17) is 5.73 Å². The number of fused-ring (bicyclic) bond motifs is 1. The van der Waals surface area contributed by atoms with Crippen molar-refractivity contribution in [3.8, 4) is 0 Å². The monoisotopic (exact) mass is 339 g/mol. The second kappa shape index (κ2) is 5.90. The van der Waals surface area contributed by atoms with Crippen molar-refractivity contribution in [1.82, 2.24) is 14.8 Å². The van der Waals surface area contributed by atoms with E-state index in [0.717, 1.165) is 0 Å². The highest BCUT2D eigenvalue weighted by Crippen LogP contribution is 2.19. The van der Waals surface area contributed by atoms with Crippen LogP contribution in [0.1, 0.15) is 32.0 Å². The van der Waals surface area contributed by atoms with Gasteiger partial charge in [0.2, 0.25) is 5.91 Å². The topological polar surface area (TPSA) is 123 Å². The lowest BCUT2D eigenvalue weighted by Crippen LogP contribution is -2.16. The molecule has 0 aliphatic heterocycles. The van der Waals surface area contributed by atoms with Crippen molar-refractivity contribution < 1.29 is 9.59 Å². The molecule has 128 valence electrons. The summed E-state index contributed by atoms with van der Waals surface area (Å²) in [5, 5.41) is 5.57. The van der Waals surface area contributed by atoms with E-state index in [0.29, 0.717) is 28.2 Å². The lowest BCUT2D eigenvalue weighted by atomic mass is 10.1. The predicted octanol–water partition coefficient (Wildman–Crippen LogP) is 1.23. The number of carbonyl (C=O) groups is 2. The average molecular weight is 339 g/mol. The Bertz CT molecular complexity index is 1080. The largest absolute Gasteiger partial charge is 0.366 e. The molecule has 0 fully saturated rings. The Kier molecular flexibility index (Phi) is 3.88. The fraction of sp³-hybridized carbons (Fsp3) is 0.176. The number of anilines is 1. The van der Waals surface area contributed by atoms with Gasteiger partial charge in [0.25, 0.3) is 11.5 Å². The number of hydrogen-bond acceptors (Lipinski definition) is 4. The molecule has 2 amide bonds. The van der Waals surface area contributed by atoms with E-state index in [1.54, 1.807) is 45.2 Å². The number of hydrogen-bond donors (Lipinski definition) is 3. The Hall–Kier alpha value is -3.42. The number of benzene rings is 1. The highest BCUT2D eigenvalue weighted by Gasteiger charge is 2.18. The van der Waals surface area contributed by atoms with Crippen molar-refractivity contribution in [2.75, 3.05) is 5.32 Å². The highest BCUT2D eigenvalue weighted by atomic mass is 16.2. The molecule has 2 heterocycles. The molecule has 4 N–H and O–H groups in total. The standard InChI is InChI=1S/C17H17N5O3/c1-8-6-10(4-5-11(8)14(18)23)20-16(24)12-7-9(2)19-15-13(12)17(25)21-22(15)3/h4-7H,1-3H3,(H2,18,23)(H,20,24)(H,21,25). The molecule has 25 heavy (non-hydrogen) atoms. The molecule has 1 aromatic carbocycles. The van der Waals surface area contributed by atoms with E-state index in [9.17, 15) is 14.4 Å². The van der Waals surface area contributed by atoms with Crippen LogP contribution >= 0.6 is 0 Å². The maximum absolute atomic E-state index is 12.7. The maximum atomic E-state index is 12.7. The molecule has 0 spiro atoms. The number of nitrogens with one attached hydrogen (secondary N) is 2. The molecule has 3 aromatic rings. The van der Waals surface area contributed by atoms with Gasteiger partial charge in [-0.1, -0.05) is 0 Å². The molecule has 0 bridgehead atoms. The van der Waals surface area contributed by atoms with Crippen molar-refractivity contribution in [3.63, 3.8) is 0 Å². The number of H-pyrrole nitrogens is 1. The van der Waals surface area contributed by atoms with Crippen molar-refractivity contribution in [2.24, 2.45) is 12.8 Å². The number of carbonyl (C=O) groups excluding carboxylic acids is 2. The molecule has 0 radical (unpaired) electrons. The number of amides is 2. The number of pyridine rings is 1. The zero-order chi connectivity index (χ0) is 18.3. The van der Waals surface area contributed by atoms with Crippen LogP contribution in [0.5, 0.6) is 0 Å². The van der Waals surface area contributed by atoms with Gasteiger partial charge in [-0.25, -0.2) is 4.98 Å². The smallest absolute Gasteiger partial charge is 0.274 e. The predicted molar refractivity (Wildman–Crippen MR) is 93.7 cm³/mol. The van der Waals surface area contributed by atoms with Crippen molar-refractivity contribution in [2.45, 2.75) is 13.8 Å². The molecule has 0 saturated heterocycles. The Morgan fingerprint density at radius 1 is 1.20 bits per heavy atom. The normalized spacial score (nSPS) is 10.8. The van der Waals surface area contributed by atoms with Crippen molar-refractivity contribution in [1.29, 1.82) is 0 Å². The van der Waals surface area contributed by atoms with Crippen LogP contribution in [0.4, 0.5) is 5.69 Å². The average Bonchev–Trinajstić information content (AvgIpc) is 2.80. The van der Waals surface area contributed by atoms with Crippen LogP contribution in [-0.4, -0.2) is 26.6 Å². The third-order valence-electron chi connectivity index (χ3n) is 3.94. The van der Waals surface area contributed by atoms with E-state index in [2.05, 4.69) is 15.4 Å². The van der Waals surface area contributed by atoms with E-state index in [-0.39, 0.29) is 16.5 Å². The van der Waals surface area contributed by atoms with Crippen LogP contribution in [0.15, 0.2) is 29.1 Å². The molecular weight excluding hydrogens is 322 g/mol. The zero-order valence-electron chi connectivity index (χ0n) is 14.0. The maximum Gasteiger partial charge on any atom is 0.274 e. The van der Waals surface area contributed by atoms with Gasteiger partial charge >= 0.3 is 0 Å². The van der Waals surface area contributed by atoms with Crippen LogP contribution in [0.3, 0.4) is 0 Å². The Balaban J connectivity index is 2.02. The van der Waals surface area contributed by atoms with Gasteiger partial charge in [0.05, 0.1) is 10.9 Å². The first kappa shape index (κ1) is 16.4. The summed E-state index contributed by atoms with van der Waals surface area (Å²) in [5.41, 5.74) is 7.71. The van der Waals surface area contributed by atoms with Crippen molar-refractivity contribution >= 4 is 28.5 Å². The third-order valence-corrected chi connectivity index (χ3v) is 3.94. The fourth-order valence-corrected chi connectivity index (χ4v) is 2.78. The molecule has 0 aliphatic carbocycles. The summed E-state index contributed by atoms with van der Waals surface area (Å²) in [6, 6.07) is 6.36. The number of primary amides is 1. The zero-order valence-corrected chi connectivity index (χ0v) is 14.0. The first-order valence-corrected chi connectivity index (χ1v) is 7.56. The van der Waals surface area contributed by atoms with Gasteiger partial charge in [0, 0.05) is 24.0 Å². The highest BCUT2D eigenvalue weighted by molar-refractivity contribution is 6.12. The molecular formula is C17H17N5O3. The van der Waals surface area contributed by atoms with Gasteiger partial charge in [0.1, 0.15) is 0 Å².